The fourth-order valence-electron chi connectivity index (χ4n) is 2.13. The highest BCUT2D eigenvalue weighted by molar-refractivity contribution is 6.35. The van der Waals surface area contributed by atoms with Crippen LogP contribution in [0.3, 0.4) is 0 Å². The highest BCUT2D eigenvalue weighted by Gasteiger charge is 2.16. The number of rotatable bonds is 2. The zero-order valence-corrected chi connectivity index (χ0v) is 12.6. The molecular weight excluding hydrogens is 326 g/mol. The number of fused-ring (bicyclic) bond motifs is 1. The number of anilines is 1. The van der Waals surface area contributed by atoms with E-state index in [0.717, 1.165) is 16.8 Å². The molecule has 0 aliphatic rings. The van der Waals surface area contributed by atoms with Crippen molar-refractivity contribution in [2.24, 2.45) is 0 Å². The number of carbonyl (C=O) groups is 1. The molecule has 0 saturated heterocycles. The van der Waals surface area contributed by atoms with Crippen LogP contribution in [0.4, 0.5) is 10.1 Å². The van der Waals surface area contributed by atoms with E-state index in [0.29, 0.717) is 5.69 Å². The second kappa shape index (κ2) is 5.91. The maximum absolute atomic E-state index is 13.5. The molecule has 0 atom stereocenters. The average molecular weight is 335 g/mol. The number of nitrogens with zero attached hydrogens (tertiary/aromatic N) is 1. The van der Waals surface area contributed by atoms with Gasteiger partial charge in [-0.15, -0.1) is 0 Å². The van der Waals surface area contributed by atoms with Crippen molar-refractivity contribution in [2.75, 3.05) is 5.32 Å². The van der Waals surface area contributed by atoms with Gasteiger partial charge in [0.2, 0.25) is 0 Å². The van der Waals surface area contributed by atoms with E-state index >= 15 is 0 Å². The van der Waals surface area contributed by atoms with E-state index in [-0.39, 0.29) is 15.9 Å². The average Bonchev–Trinajstić information content (AvgIpc) is 2.51. The van der Waals surface area contributed by atoms with Crippen molar-refractivity contribution in [1.82, 2.24) is 4.98 Å². The third kappa shape index (κ3) is 2.75. The van der Waals surface area contributed by atoms with Gasteiger partial charge in [-0.25, -0.2) is 9.37 Å². The Balaban J connectivity index is 1.99. The molecule has 110 valence electrons. The molecule has 1 amide bonds. The van der Waals surface area contributed by atoms with Crippen LogP contribution in [0.15, 0.2) is 48.5 Å². The van der Waals surface area contributed by atoms with Crippen LogP contribution in [0.5, 0.6) is 0 Å². The van der Waals surface area contributed by atoms with Gasteiger partial charge in [-0.1, -0.05) is 59.6 Å². The fourth-order valence-corrected chi connectivity index (χ4v) is 2.54. The van der Waals surface area contributed by atoms with E-state index in [4.69, 9.17) is 23.2 Å². The molecule has 0 aliphatic carbocycles. The molecule has 3 nitrogen and oxygen atoms in total. The molecule has 3 aromatic rings. The normalized spacial score (nSPS) is 10.7. The van der Waals surface area contributed by atoms with Crippen molar-refractivity contribution >= 4 is 45.6 Å². The topological polar surface area (TPSA) is 42.0 Å². The Bertz CT molecular complexity index is 878. The molecule has 6 heteroatoms. The van der Waals surface area contributed by atoms with Gasteiger partial charge in [0, 0.05) is 11.1 Å². The first kappa shape index (κ1) is 14.8. The zero-order valence-electron chi connectivity index (χ0n) is 11.1. The summed E-state index contributed by atoms with van der Waals surface area (Å²) in [5.41, 5.74) is 0.533. The molecule has 3 rings (SSSR count). The van der Waals surface area contributed by atoms with Crippen LogP contribution in [-0.2, 0) is 0 Å². The lowest BCUT2D eigenvalue weighted by Crippen LogP contribution is -2.14. The summed E-state index contributed by atoms with van der Waals surface area (Å²) in [6.07, 6.45) is 0. The van der Waals surface area contributed by atoms with E-state index in [9.17, 15) is 9.18 Å². The molecule has 1 heterocycles. The van der Waals surface area contributed by atoms with Crippen molar-refractivity contribution in [2.45, 2.75) is 0 Å². The van der Waals surface area contributed by atoms with Crippen LogP contribution in [0, 0.1) is 5.82 Å². The summed E-state index contributed by atoms with van der Waals surface area (Å²) in [5, 5.41) is 4.05. The molecule has 0 spiro atoms. The van der Waals surface area contributed by atoms with Gasteiger partial charge in [-0.2, -0.15) is 0 Å². The summed E-state index contributed by atoms with van der Waals surface area (Å²) in [7, 11) is 0. The third-order valence-corrected chi connectivity index (χ3v) is 3.72. The quantitative estimate of drug-likeness (QED) is 0.675. The lowest BCUT2D eigenvalue weighted by atomic mass is 10.1. The Labute approximate surface area is 135 Å². The molecule has 0 fully saturated rings. The van der Waals surface area contributed by atoms with Crippen LogP contribution in [0.25, 0.3) is 10.8 Å². The van der Waals surface area contributed by atoms with Gasteiger partial charge in [0.25, 0.3) is 5.91 Å². The predicted molar refractivity (Wildman–Crippen MR) is 86.1 cm³/mol. The van der Waals surface area contributed by atoms with Crippen LogP contribution < -0.4 is 5.32 Å². The summed E-state index contributed by atoms with van der Waals surface area (Å²) in [6.45, 7) is 0. The van der Waals surface area contributed by atoms with Crippen LogP contribution in [-0.4, -0.2) is 10.9 Å². The molecular formula is C16H9Cl2FN2O. The van der Waals surface area contributed by atoms with E-state index in [1.165, 1.54) is 0 Å². The van der Waals surface area contributed by atoms with Crippen molar-refractivity contribution in [1.29, 1.82) is 0 Å². The van der Waals surface area contributed by atoms with Crippen molar-refractivity contribution in [3.8, 4) is 0 Å². The number of carbonyl (C=O) groups excluding carboxylic acids is 1. The van der Waals surface area contributed by atoms with Gasteiger partial charge >= 0.3 is 0 Å². The number of hydrogen-bond donors (Lipinski definition) is 1. The van der Waals surface area contributed by atoms with Gasteiger partial charge in [-0.3, -0.25) is 4.79 Å². The summed E-state index contributed by atoms with van der Waals surface area (Å²) >= 11 is 11.4. The maximum Gasteiger partial charge on any atom is 0.258 e. The van der Waals surface area contributed by atoms with Gasteiger partial charge in [0.1, 0.15) is 5.15 Å². The SMILES string of the molecule is O=C(Nc1cccc2ccccc12)c1cc(F)c(Cl)nc1Cl. The van der Waals surface area contributed by atoms with Gasteiger partial charge in [-0.05, 0) is 17.5 Å². The van der Waals surface area contributed by atoms with E-state index in [2.05, 4.69) is 10.3 Å². The number of amides is 1. The standard InChI is InChI=1S/C16H9Cl2FN2O/c17-14-11(8-12(19)15(18)21-14)16(22)20-13-7-3-5-9-4-1-2-6-10(9)13/h1-8H,(H,20,22). The molecule has 0 radical (unpaired) electrons. The minimum Gasteiger partial charge on any atom is -0.321 e. The Morgan fingerprint density at radius 1 is 1.05 bits per heavy atom. The Morgan fingerprint density at radius 3 is 2.59 bits per heavy atom. The molecule has 1 N–H and O–H groups in total. The van der Waals surface area contributed by atoms with E-state index in [1.807, 2.05) is 36.4 Å². The monoisotopic (exact) mass is 334 g/mol. The first-order chi connectivity index (χ1) is 10.6. The lowest BCUT2D eigenvalue weighted by molar-refractivity contribution is 0.102. The van der Waals surface area contributed by atoms with Crippen molar-refractivity contribution in [3.63, 3.8) is 0 Å². The number of halogens is 3. The minimum absolute atomic E-state index is 0.0727. The third-order valence-electron chi connectivity index (χ3n) is 3.17. The number of pyridine rings is 1. The first-order valence-corrected chi connectivity index (χ1v) is 7.12. The minimum atomic E-state index is -0.797. The molecule has 0 saturated carbocycles. The van der Waals surface area contributed by atoms with Gasteiger partial charge in [0.05, 0.1) is 5.56 Å². The number of aromatic nitrogens is 1. The summed E-state index contributed by atoms with van der Waals surface area (Å²) in [4.78, 5) is 15.9. The Morgan fingerprint density at radius 2 is 1.77 bits per heavy atom. The number of nitrogens with one attached hydrogen (secondary N) is 1. The van der Waals surface area contributed by atoms with Crippen molar-refractivity contribution in [3.05, 3.63) is 70.2 Å². The van der Waals surface area contributed by atoms with Crippen LogP contribution >= 0.6 is 23.2 Å². The maximum atomic E-state index is 13.5. The van der Waals surface area contributed by atoms with Crippen molar-refractivity contribution < 1.29 is 9.18 Å². The lowest BCUT2D eigenvalue weighted by Gasteiger charge is -2.09. The molecule has 0 aliphatic heterocycles. The summed E-state index contributed by atoms with van der Waals surface area (Å²) in [5.74, 6) is -1.35. The highest BCUT2D eigenvalue weighted by Crippen LogP contribution is 2.25. The first-order valence-electron chi connectivity index (χ1n) is 6.37. The van der Waals surface area contributed by atoms with Gasteiger partial charge in [0.15, 0.2) is 11.0 Å². The van der Waals surface area contributed by atoms with Gasteiger partial charge < -0.3 is 5.32 Å². The molecule has 0 unspecified atom stereocenters. The Hall–Kier alpha value is -2.17. The highest BCUT2D eigenvalue weighted by atomic mass is 35.5. The smallest absolute Gasteiger partial charge is 0.258 e. The number of benzene rings is 2. The second-order valence-electron chi connectivity index (χ2n) is 4.58. The second-order valence-corrected chi connectivity index (χ2v) is 5.30. The van der Waals surface area contributed by atoms with E-state index < -0.39 is 11.7 Å². The fraction of sp³-hybridized carbons (Fsp3) is 0. The molecule has 22 heavy (non-hydrogen) atoms. The largest absolute Gasteiger partial charge is 0.321 e. The Kier molecular flexibility index (Phi) is 3.96. The summed E-state index contributed by atoms with van der Waals surface area (Å²) in [6, 6.07) is 14.1. The van der Waals surface area contributed by atoms with E-state index in [1.54, 1.807) is 6.07 Å². The molecule has 0 bridgehead atoms. The molecule has 2 aromatic carbocycles. The molecule has 1 aromatic heterocycles. The zero-order chi connectivity index (χ0) is 15.7. The summed E-state index contributed by atoms with van der Waals surface area (Å²) < 4.78 is 13.5. The van der Waals surface area contributed by atoms with Crippen LogP contribution in [0.1, 0.15) is 10.4 Å². The number of hydrogen-bond acceptors (Lipinski definition) is 2. The predicted octanol–water partition coefficient (Wildman–Crippen LogP) is 4.93. The van der Waals surface area contributed by atoms with Crippen LogP contribution in [0.2, 0.25) is 10.3 Å².